The minimum absolute atomic E-state index is 0.328. The van der Waals surface area contributed by atoms with Gasteiger partial charge in [0.15, 0.2) is 11.5 Å². The Morgan fingerprint density at radius 1 is 0.950 bits per heavy atom. The van der Waals surface area contributed by atoms with E-state index in [2.05, 4.69) is 43.4 Å². The summed E-state index contributed by atoms with van der Waals surface area (Å²) < 4.78 is 10.7. The molecule has 1 aliphatic rings. The van der Waals surface area contributed by atoms with Crippen molar-refractivity contribution in [2.45, 2.75) is 26.9 Å². The lowest BCUT2D eigenvalue weighted by atomic mass is 10.0. The van der Waals surface area contributed by atoms with Gasteiger partial charge >= 0.3 is 0 Å². The lowest BCUT2D eigenvalue weighted by Crippen LogP contribution is -2.14. The molecule has 20 heavy (non-hydrogen) atoms. The number of hydrogen-bond acceptors (Lipinski definition) is 3. The predicted octanol–water partition coefficient (Wildman–Crippen LogP) is 3.32. The third-order valence-corrected chi connectivity index (χ3v) is 3.71. The quantitative estimate of drug-likeness (QED) is 0.923. The van der Waals surface area contributed by atoms with Crippen LogP contribution in [0, 0.1) is 13.8 Å². The van der Waals surface area contributed by atoms with E-state index in [4.69, 9.17) is 9.47 Å². The lowest BCUT2D eigenvalue weighted by Gasteiger charge is -2.11. The number of nitrogens with one attached hydrogen (secondary N) is 1. The molecule has 0 fully saturated rings. The summed E-state index contributed by atoms with van der Waals surface area (Å²) in [7, 11) is 0. The van der Waals surface area contributed by atoms with E-state index in [0.717, 1.165) is 24.6 Å². The SMILES string of the molecule is Cc1cccc(C)c1CNCc1ccc2c(c1)OCO2. The molecule has 3 nitrogen and oxygen atoms in total. The van der Waals surface area contributed by atoms with E-state index in [-0.39, 0.29) is 0 Å². The van der Waals surface area contributed by atoms with Gasteiger partial charge in [0.25, 0.3) is 0 Å². The highest BCUT2D eigenvalue weighted by atomic mass is 16.7. The van der Waals surface area contributed by atoms with Crippen LogP contribution in [0.1, 0.15) is 22.3 Å². The molecule has 0 unspecified atom stereocenters. The van der Waals surface area contributed by atoms with Crippen LogP contribution in [0.4, 0.5) is 0 Å². The molecule has 3 rings (SSSR count). The third-order valence-electron chi connectivity index (χ3n) is 3.71. The smallest absolute Gasteiger partial charge is 0.231 e. The number of rotatable bonds is 4. The van der Waals surface area contributed by atoms with E-state index in [1.54, 1.807) is 0 Å². The van der Waals surface area contributed by atoms with Gasteiger partial charge in [0.2, 0.25) is 6.79 Å². The fourth-order valence-electron chi connectivity index (χ4n) is 2.51. The van der Waals surface area contributed by atoms with Crippen molar-refractivity contribution in [1.82, 2.24) is 5.32 Å². The van der Waals surface area contributed by atoms with E-state index in [1.807, 2.05) is 12.1 Å². The summed E-state index contributed by atoms with van der Waals surface area (Å²) in [6.07, 6.45) is 0. The van der Waals surface area contributed by atoms with Gasteiger partial charge in [-0.15, -0.1) is 0 Å². The molecule has 0 aromatic heterocycles. The Hall–Kier alpha value is -2.00. The topological polar surface area (TPSA) is 30.5 Å². The summed E-state index contributed by atoms with van der Waals surface area (Å²) in [6, 6.07) is 12.5. The summed E-state index contributed by atoms with van der Waals surface area (Å²) in [4.78, 5) is 0. The van der Waals surface area contributed by atoms with Crippen molar-refractivity contribution in [2.75, 3.05) is 6.79 Å². The highest BCUT2D eigenvalue weighted by molar-refractivity contribution is 5.44. The van der Waals surface area contributed by atoms with E-state index in [1.165, 1.54) is 22.3 Å². The van der Waals surface area contributed by atoms with Gasteiger partial charge in [-0.05, 0) is 48.2 Å². The first-order valence-electron chi connectivity index (χ1n) is 6.88. The van der Waals surface area contributed by atoms with Crippen LogP contribution in [0.15, 0.2) is 36.4 Å². The third kappa shape index (κ3) is 2.63. The zero-order valence-corrected chi connectivity index (χ0v) is 11.9. The van der Waals surface area contributed by atoms with Crippen LogP contribution in [-0.2, 0) is 13.1 Å². The maximum absolute atomic E-state index is 5.39. The van der Waals surface area contributed by atoms with Crippen LogP contribution in [0.3, 0.4) is 0 Å². The van der Waals surface area contributed by atoms with Crippen molar-refractivity contribution in [3.63, 3.8) is 0 Å². The average Bonchev–Trinajstić information content (AvgIpc) is 2.89. The molecule has 0 atom stereocenters. The molecule has 0 spiro atoms. The summed E-state index contributed by atoms with van der Waals surface area (Å²) >= 11 is 0. The van der Waals surface area contributed by atoms with Crippen molar-refractivity contribution >= 4 is 0 Å². The monoisotopic (exact) mass is 269 g/mol. The fraction of sp³-hybridized carbons (Fsp3) is 0.294. The van der Waals surface area contributed by atoms with E-state index in [9.17, 15) is 0 Å². The highest BCUT2D eigenvalue weighted by Gasteiger charge is 2.12. The Morgan fingerprint density at radius 2 is 1.70 bits per heavy atom. The molecule has 3 heteroatoms. The van der Waals surface area contributed by atoms with E-state index < -0.39 is 0 Å². The number of ether oxygens (including phenoxy) is 2. The molecule has 2 aromatic rings. The van der Waals surface area contributed by atoms with Crippen LogP contribution in [0.2, 0.25) is 0 Å². The second-order valence-electron chi connectivity index (χ2n) is 5.16. The van der Waals surface area contributed by atoms with Crippen molar-refractivity contribution in [1.29, 1.82) is 0 Å². The van der Waals surface area contributed by atoms with Gasteiger partial charge in [-0.25, -0.2) is 0 Å². The Labute approximate surface area is 119 Å². The normalized spacial score (nSPS) is 12.7. The summed E-state index contributed by atoms with van der Waals surface area (Å²) in [6.45, 7) is 6.35. The Kier molecular flexibility index (Phi) is 3.61. The van der Waals surface area contributed by atoms with Crippen LogP contribution in [0.25, 0.3) is 0 Å². The maximum Gasteiger partial charge on any atom is 0.231 e. The minimum Gasteiger partial charge on any atom is -0.454 e. The fourth-order valence-corrected chi connectivity index (χ4v) is 2.51. The predicted molar refractivity (Wildman–Crippen MR) is 79.0 cm³/mol. The zero-order chi connectivity index (χ0) is 13.9. The highest BCUT2D eigenvalue weighted by Crippen LogP contribution is 2.32. The van der Waals surface area contributed by atoms with Gasteiger partial charge in [0.1, 0.15) is 0 Å². The van der Waals surface area contributed by atoms with Crippen molar-refractivity contribution in [3.05, 3.63) is 58.7 Å². The number of hydrogen-bond donors (Lipinski definition) is 1. The number of aryl methyl sites for hydroxylation is 2. The lowest BCUT2D eigenvalue weighted by molar-refractivity contribution is 0.174. The molecule has 104 valence electrons. The molecule has 1 aliphatic heterocycles. The zero-order valence-electron chi connectivity index (χ0n) is 11.9. The minimum atomic E-state index is 0.328. The molecular weight excluding hydrogens is 250 g/mol. The molecule has 0 aliphatic carbocycles. The average molecular weight is 269 g/mol. The Balaban J connectivity index is 1.63. The van der Waals surface area contributed by atoms with Crippen molar-refractivity contribution in [3.8, 4) is 11.5 Å². The van der Waals surface area contributed by atoms with Crippen LogP contribution in [0.5, 0.6) is 11.5 Å². The van der Waals surface area contributed by atoms with Crippen molar-refractivity contribution < 1.29 is 9.47 Å². The van der Waals surface area contributed by atoms with Gasteiger partial charge in [0.05, 0.1) is 0 Å². The van der Waals surface area contributed by atoms with Gasteiger partial charge in [-0.3, -0.25) is 0 Å². The molecule has 0 bridgehead atoms. The molecule has 0 amide bonds. The molecule has 0 radical (unpaired) electrons. The molecule has 0 saturated carbocycles. The van der Waals surface area contributed by atoms with Gasteiger partial charge in [-0.2, -0.15) is 0 Å². The molecular formula is C17H19NO2. The van der Waals surface area contributed by atoms with Crippen molar-refractivity contribution in [2.24, 2.45) is 0 Å². The molecule has 2 aromatic carbocycles. The largest absolute Gasteiger partial charge is 0.454 e. The molecule has 1 heterocycles. The van der Waals surface area contributed by atoms with Gasteiger partial charge < -0.3 is 14.8 Å². The number of benzene rings is 2. The standard InChI is InChI=1S/C17H19NO2/c1-12-4-3-5-13(2)15(12)10-18-9-14-6-7-16-17(8-14)20-11-19-16/h3-8,18H,9-11H2,1-2H3. The summed E-state index contributed by atoms with van der Waals surface area (Å²) in [5.41, 5.74) is 5.26. The summed E-state index contributed by atoms with van der Waals surface area (Å²) in [5.74, 6) is 1.68. The van der Waals surface area contributed by atoms with Gasteiger partial charge in [-0.1, -0.05) is 24.3 Å². The van der Waals surface area contributed by atoms with Gasteiger partial charge in [0, 0.05) is 13.1 Å². The Morgan fingerprint density at radius 3 is 2.50 bits per heavy atom. The first-order chi connectivity index (χ1) is 9.74. The van der Waals surface area contributed by atoms with E-state index >= 15 is 0 Å². The Bertz CT molecular complexity index is 602. The van der Waals surface area contributed by atoms with Crippen LogP contribution >= 0.6 is 0 Å². The summed E-state index contributed by atoms with van der Waals surface area (Å²) in [5, 5.41) is 3.49. The maximum atomic E-state index is 5.39. The number of fused-ring (bicyclic) bond motifs is 1. The first kappa shape index (κ1) is 13.0. The molecule has 1 N–H and O–H groups in total. The second kappa shape index (κ2) is 5.55. The van der Waals surface area contributed by atoms with E-state index in [0.29, 0.717) is 6.79 Å². The van der Waals surface area contributed by atoms with Crippen LogP contribution in [-0.4, -0.2) is 6.79 Å². The van der Waals surface area contributed by atoms with Crippen LogP contribution < -0.4 is 14.8 Å². The first-order valence-corrected chi connectivity index (χ1v) is 6.88. The molecule has 0 saturated heterocycles. The second-order valence-corrected chi connectivity index (χ2v) is 5.16.